The number of ether oxygens (including phenoxy) is 1. The lowest BCUT2D eigenvalue weighted by Gasteiger charge is -2.29. The summed E-state index contributed by atoms with van der Waals surface area (Å²) in [6.07, 6.45) is 1.86. The molecule has 0 saturated carbocycles. The molecule has 4 nitrogen and oxygen atoms in total. The molecule has 3 rings (SSSR count). The van der Waals surface area contributed by atoms with Crippen LogP contribution in [0.3, 0.4) is 0 Å². The molecule has 0 amide bonds. The molecule has 1 aliphatic heterocycles. The van der Waals surface area contributed by atoms with Gasteiger partial charge in [-0.25, -0.2) is 0 Å². The summed E-state index contributed by atoms with van der Waals surface area (Å²) in [5.74, 6) is 0.972. The summed E-state index contributed by atoms with van der Waals surface area (Å²) >= 11 is 1.67. The SMILES string of the molecule is Br.O=C(CN1CCCSC1=NCCc1ccccc1)c1ccc(OC(F)F)cc1. The number of rotatable bonds is 8. The predicted octanol–water partition coefficient (Wildman–Crippen LogP) is 5.09. The first-order valence-electron chi connectivity index (χ1n) is 9.16. The van der Waals surface area contributed by atoms with Crippen LogP contribution in [0.5, 0.6) is 5.75 Å². The first-order chi connectivity index (χ1) is 13.6. The lowest BCUT2D eigenvalue weighted by atomic mass is 10.1. The Balaban J connectivity index is 0.00000300. The second-order valence-electron chi connectivity index (χ2n) is 6.35. The number of Topliss-reactive ketones (excluding diaryl/α,β-unsaturated/α-hetero) is 1. The van der Waals surface area contributed by atoms with Crippen LogP contribution >= 0.6 is 28.7 Å². The van der Waals surface area contributed by atoms with Crippen LogP contribution in [0.4, 0.5) is 8.78 Å². The van der Waals surface area contributed by atoms with E-state index in [-0.39, 0.29) is 35.1 Å². The minimum Gasteiger partial charge on any atom is -0.435 e. The maximum atomic E-state index is 12.6. The van der Waals surface area contributed by atoms with E-state index in [1.54, 1.807) is 11.8 Å². The van der Waals surface area contributed by atoms with Crippen LogP contribution in [0.1, 0.15) is 22.3 Å². The molecule has 1 heterocycles. The van der Waals surface area contributed by atoms with Gasteiger partial charge in [-0.1, -0.05) is 42.1 Å². The molecule has 1 aliphatic rings. The number of benzene rings is 2. The monoisotopic (exact) mass is 484 g/mol. The van der Waals surface area contributed by atoms with Crippen molar-refractivity contribution in [2.45, 2.75) is 19.5 Å². The number of hydrogen-bond donors (Lipinski definition) is 0. The molecule has 0 unspecified atom stereocenters. The molecule has 0 aromatic heterocycles. The van der Waals surface area contributed by atoms with E-state index in [1.807, 2.05) is 23.1 Å². The van der Waals surface area contributed by atoms with Gasteiger partial charge in [-0.2, -0.15) is 8.78 Å². The molecule has 0 spiro atoms. The number of alkyl halides is 2. The molecule has 0 N–H and O–H groups in total. The van der Waals surface area contributed by atoms with Gasteiger partial charge >= 0.3 is 6.61 Å². The maximum absolute atomic E-state index is 12.6. The lowest BCUT2D eigenvalue weighted by Crippen LogP contribution is -2.38. The number of halogens is 3. The fourth-order valence-electron chi connectivity index (χ4n) is 2.91. The van der Waals surface area contributed by atoms with Crippen LogP contribution in [-0.4, -0.2) is 47.8 Å². The first kappa shape index (κ1) is 23.3. The average Bonchev–Trinajstić information content (AvgIpc) is 2.70. The summed E-state index contributed by atoms with van der Waals surface area (Å²) in [5, 5.41) is 0.896. The van der Waals surface area contributed by atoms with E-state index in [1.165, 1.54) is 29.8 Å². The Morgan fingerprint density at radius 3 is 2.55 bits per heavy atom. The third-order valence-corrected chi connectivity index (χ3v) is 5.44. The normalized spacial score (nSPS) is 15.3. The van der Waals surface area contributed by atoms with Gasteiger partial charge in [0.1, 0.15) is 5.75 Å². The second kappa shape index (κ2) is 11.9. The van der Waals surface area contributed by atoms with E-state index >= 15 is 0 Å². The number of ketones is 1. The highest BCUT2D eigenvalue weighted by Crippen LogP contribution is 2.20. The summed E-state index contributed by atoms with van der Waals surface area (Å²) in [7, 11) is 0. The van der Waals surface area contributed by atoms with E-state index in [0.717, 1.165) is 30.3 Å². The number of carbonyl (C=O) groups excluding carboxylic acids is 1. The molecule has 0 atom stereocenters. The number of hydrogen-bond acceptors (Lipinski definition) is 4. The Morgan fingerprint density at radius 2 is 1.86 bits per heavy atom. The predicted molar refractivity (Wildman–Crippen MR) is 119 cm³/mol. The molecule has 2 aromatic rings. The van der Waals surface area contributed by atoms with Gasteiger partial charge in [0.2, 0.25) is 0 Å². The molecule has 1 saturated heterocycles. The van der Waals surface area contributed by atoms with Crippen LogP contribution in [-0.2, 0) is 6.42 Å². The molecule has 29 heavy (non-hydrogen) atoms. The van der Waals surface area contributed by atoms with E-state index < -0.39 is 6.61 Å². The third kappa shape index (κ3) is 7.44. The fraction of sp³-hybridized carbons (Fsp3) is 0.333. The van der Waals surface area contributed by atoms with Crippen LogP contribution in [0, 0.1) is 0 Å². The van der Waals surface area contributed by atoms with Crippen molar-refractivity contribution < 1.29 is 18.3 Å². The molecule has 8 heteroatoms. The zero-order valence-corrected chi connectivity index (χ0v) is 18.3. The number of amidine groups is 1. The topological polar surface area (TPSA) is 41.9 Å². The highest BCUT2D eigenvalue weighted by atomic mass is 79.9. The Labute approximate surface area is 184 Å². The molecular weight excluding hydrogens is 462 g/mol. The van der Waals surface area contributed by atoms with Gasteiger partial charge in [0.05, 0.1) is 6.54 Å². The van der Waals surface area contributed by atoms with Crippen molar-refractivity contribution in [2.75, 3.05) is 25.4 Å². The van der Waals surface area contributed by atoms with E-state index in [4.69, 9.17) is 4.99 Å². The number of thioether (sulfide) groups is 1. The average molecular weight is 485 g/mol. The van der Waals surface area contributed by atoms with Crippen molar-refractivity contribution in [1.82, 2.24) is 4.90 Å². The van der Waals surface area contributed by atoms with Gasteiger partial charge in [-0.15, -0.1) is 17.0 Å². The largest absolute Gasteiger partial charge is 0.435 e. The Hall–Kier alpha value is -1.93. The van der Waals surface area contributed by atoms with E-state index in [2.05, 4.69) is 16.9 Å². The first-order valence-corrected chi connectivity index (χ1v) is 10.1. The maximum Gasteiger partial charge on any atom is 0.387 e. The summed E-state index contributed by atoms with van der Waals surface area (Å²) in [5.41, 5.74) is 1.71. The van der Waals surface area contributed by atoms with Crippen LogP contribution in [0.2, 0.25) is 0 Å². The van der Waals surface area contributed by atoms with Gasteiger partial charge in [-0.3, -0.25) is 9.79 Å². The van der Waals surface area contributed by atoms with Gasteiger partial charge < -0.3 is 9.64 Å². The minimum absolute atomic E-state index is 0. The van der Waals surface area contributed by atoms with Crippen molar-refractivity contribution in [3.8, 4) is 5.75 Å². The molecule has 156 valence electrons. The highest BCUT2D eigenvalue weighted by molar-refractivity contribution is 8.93. The number of nitrogens with zero attached hydrogens (tertiary/aromatic N) is 2. The van der Waals surface area contributed by atoms with Gasteiger partial charge in [0.25, 0.3) is 0 Å². The smallest absolute Gasteiger partial charge is 0.387 e. The lowest BCUT2D eigenvalue weighted by molar-refractivity contribution is -0.0498. The number of aliphatic imine (C=N–C) groups is 1. The van der Waals surface area contributed by atoms with Gasteiger partial charge in [-0.05, 0) is 42.7 Å². The zero-order chi connectivity index (χ0) is 19.8. The molecule has 0 radical (unpaired) electrons. The summed E-state index contributed by atoms with van der Waals surface area (Å²) in [6, 6.07) is 16.0. The van der Waals surface area contributed by atoms with Crippen LogP contribution in [0.15, 0.2) is 59.6 Å². The third-order valence-electron chi connectivity index (χ3n) is 4.30. The molecule has 2 aromatic carbocycles. The quantitative estimate of drug-likeness (QED) is 0.489. The summed E-state index contributed by atoms with van der Waals surface area (Å²) < 4.78 is 28.8. The number of carbonyl (C=O) groups is 1. The van der Waals surface area contributed by atoms with Crippen molar-refractivity contribution in [3.63, 3.8) is 0 Å². The molecule has 1 fully saturated rings. The van der Waals surface area contributed by atoms with E-state index in [9.17, 15) is 13.6 Å². The zero-order valence-electron chi connectivity index (χ0n) is 15.8. The Bertz CT molecular complexity index is 804. The Morgan fingerprint density at radius 1 is 1.14 bits per heavy atom. The van der Waals surface area contributed by atoms with Crippen LogP contribution in [0.25, 0.3) is 0 Å². The van der Waals surface area contributed by atoms with Crippen LogP contribution < -0.4 is 4.74 Å². The summed E-state index contributed by atoms with van der Waals surface area (Å²) in [6.45, 7) is -1.18. The minimum atomic E-state index is -2.87. The second-order valence-corrected chi connectivity index (χ2v) is 7.41. The highest BCUT2D eigenvalue weighted by Gasteiger charge is 2.20. The van der Waals surface area contributed by atoms with Gasteiger partial charge in [0.15, 0.2) is 11.0 Å². The fourth-order valence-corrected chi connectivity index (χ4v) is 3.89. The molecular formula is C21H23BrF2N2O2S. The van der Waals surface area contributed by atoms with Crippen molar-refractivity contribution in [3.05, 3.63) is 65.7 Å². The standard InChI is InChI=1S/C21H22F2N2O2S.BrH/c22-20(23)27-18-9-7-17(8-10-18)19(26)15-25-13-4-14-28-21(25)24-12-11-16-5-2-1-3-6-16;/h1-3,5-10,20H,4,11-15H2;1H. The Kier molecular flexibility index (Phi) is 9.60. The summed E-state index contributed by atoms with van der Waals surface area (Å²) in [4.78, 5) is 19.3. The van der Waals surface area contributed by atoms with Crippen molar-refractivity contribution in [2.24, 2.45) is 4.99 Å². The van der Waals surface area contributed by atoms with Gasteiger partial charge in [0, 0.05) is 24.4 Å². The molecule has 0 bridgehead atoms. The van der Waals surface area contributed by atoms with Crippen molar-refractivity contribution in [1.29, 1.82) is 0 Å². The van der Waals surface area contributed by atoms with E-state index in [0.29, 0.717) is 12.1 Å². The van der Waals surface area contributed by atoms with Crippen molar-refractivity contribution >= 4 is 39.7 Å². The molecule has 0 aliphatic carbocycles.